The molecular formula is C6H11NNaO6+. The first-order valence-electron chi connectivity index (χ1n) is 3.29. The number of nitrogens with zero attached hydrogens (tertiary/aromatic N) is 1. The standard InChI is InChI=1S/C6H9NO6.Na.H/c8-4(9)1-7(2-5(10)11)3-6(12)13;;/h1-3H2,(H,8,9)(H,10,11)(H,12,13);;/q;+1;-1/p+1. The molecule has 0 aliphatic heterocycles. The Morgan fingerprint density at radius 3 is 1.29 bits per heavy atom. The summed E-state index contributed by atoms with van der Waals surface area (Å²) in [6, 6.07) is 0. The van der Waals surface area contributed by atoms with Crippen LogP contribution in [0, 0.1) is 0 Å². The van der Waals surface area contributed by atoms with Gasteiger partial charge in [0.05, 0.1) is 19.6 Å². The van der Waals surface area contributed by atoms with Gasteiger partial charge >= 0.3 is 48.9 Å². The SMILES string of the molecule is O=C(O)CN(CC(=O)O)CC(=O)O.[H+].[H-].[Na+]. The van der Waals surface area contributed by atoms with Crippen molar-refractivity contribution in [1.29, 1.82) is 0 Å². The Kier molecular flexibility index (Phi) is 8.75. The van der Waals surface area contributed by atoms with Crippen molar-refractivity contribution in [3.63, 3.8) is 0 Å². The predicted octanol–water partition coefficient (Wildman–Crippen LogP) is -4.23. The third kappa shape index (κ3) is 9.46. The number of aliphatic carboxylic acids is 3. The molecule has 0 saturated carbocycles. The van der Waals surface area contributed by atoms with E-state index in [4.69, 9.17) is 15.3 Å². The molecule has 3 N–H and O–H groups in total. The molecule has 0 aliphatic carbocycles. The van der Waals surface area contributed by atoms with Crippen molar-refractivity contribution in [2.45, 2.75) is 0 Å². The van der Waals surface area contributed by atoms with E-state index in [1.165, 1.54) is 0 Å². The van der Waals surface area contributed by atoms with Crippen LogP contribution in [0.25, 0.3) is 0 Å². The molecule has 0 saturated heterocycles. The Labute approximate surface area is 105 Å². The van der Waals surface area contributed by atoms with E-state index in [0.717, 1.165) is 4.90 Å². The molecule has 0 atom stereocenters. The maximum Gasteiger partial charge on any atom is 1.00 e. The second-order valence-electron chi connectivity index (χ2n) is 2.33. The molecular weight excluding hydrogens is 205 g/mol. The second kappa shape index (κ2) is 7.74. The molecule has 0 aromatic carbocycles. The van der Waals surface area contributed by atoms with Crippen molar-refractivity contribution >= 4 is 17.9 Å². The van der Waals surface area contributed by atoms with E-state index in [1.807, 2.05) is 0 Å². The van der Waals surface area contributed by atoms with Gasteiger partial charge in [-0.15, -0.1) is 0 Å². The Morgan fingerprint density at radius 1 is 0.929 bits per heavy atom. The fraction of sp³-hybridized carbons (Fsp3) is 0.500. The van der Waals surface area contributed by atoms with Crippen LogP contribution >= 0.6 is 0 Å². The van der Waals surface area contributed by atoms with Gasteiger partial charge in [-0.2, -0.15) is 0 Å². The van der Waals surface area contributed by atoms with Crippen LogP contribution in [-0.2, 0) is 14.4 Å². The number of carboxylic acid groups (broad SMARTS) is 3. The minimum Gasteiger partial charge on any atom is -1.00 e. The van der Waals surface area contributed by atoms with E-state index >= 15 is 0 Å². The topological polar surface area (TPSA) is 115 Å². The van der Waals surface area contributed by atoms with Crippen molar-refractivity contribution in [3.8, 4) is 0 Å². The van der Waals surface area contributed by atoms with Crippen molar-refractivity contribution < 1.29 is 62.1 Å². The van der Waals surface area contributed by atoms with Crippen molar-refractivity contribution in [2.75, 3.05) is 19.6 Å². The summed E-state index contributed by atoms with van der Waals surface area (Å²) in [5.41, 5.74) is 0. The number of hydrogen-bond acceptors (Lipinski definition) is 4. The van der Waals surface area contributed by atoms with Crippen LogP contribution in [0.15, 0.2) is 0 Å². The summed E-state index contributed by atoms with van der Waals surface area (Å²) < 4.78 is 0. The third-order valence-corrected chi connectivity index (χ3v) is 1.08. The van der Waals surface area contributed by atoms with Crippen molar-refractivity contribution in [1.82, 2.24) is 4.90 Å². The second-order valence-corrected chi connectivity index (χ2v) is 2.33. The van der Waals surface area contributed by atoms with E-state index in [2.05, 4.69) is 0 Å². The van der Waals surface area contributed by atoms with Gasteiger partial charge in [0.25, 0.3) is 0 Å². The van der Waals surface area contributed by atoms with Gasteiger partial charge in [0, 0.05) is 0 Å². The summed E-state index contributed by atoms with van der Waals surface area (Å²) in [6.45, 7) is -1.80. The average molecular weight is 216 g/mol. The minimum atomic E-state index is -1.26. The minimum absolute atomic E-state index is 0. The van der Waals surface area contributed by atoms with Crippen LogP contribution in [0.3, 0.4) is 0 Å². The van der Waals surface area contributed by atoms with Gasteiger partial charge in [0.2, 0.25) is 0 Å². The van der Waals surface area contributed by atoms with Crippen LogP contribution in [0.5, 0.6) is 0 Å². The fourth-order valence-corrected chi connectivity index (χ4v) is 0.742. The zero-order valence-electron chi connectivity index (χ0n) is 9.63. The molecule has 0 bridgehead atoms. The molecule has 8 heteroatoms. The Morgan fingerprint density at radius 2 is 1.14 bits per heavy atom. The largest absolute Gasteiger partial charge is 1.00 e. The van der Waals surface area contributed by atoms with Gasteiger partial charge in [0.1, 0.15) is 0 Å². The zero-order chi connectivity index (χ0) is 10.4. The van der Waals surface area contributed by atoms with Gasteiger partial charge < -0.3 is 16.7 Å². The predicted molar refractivity (Wildman–Crippen MR) is 41.6 cm³/mol. The summed E-state index contributed by atoms with van der Waals surface area (Å²) in [5.74, 6) is -3.78. The molecule has 0 heterocycles. The Balaban J connectivity index is -0.000000240. The Bertz CT molecular complexity index is 201. The molecule has 0 aromatic rings. The molecule has 7 nitrogen and oxygen atoms in total. The van der Waals surface area contributed by atoms with Gasteiger partial charge in [-0.1, -0.05) is 0 Å². The van der Waals surface area contributed by atoms with Crippen LogP contribution in [0.1, 0.15) is 2.85 Å². The molecule has 0 unspecified atom stereocenters. The number of rotatable bonds is 6. The molecule has 0 aromatic heterocycles. The summed E-state index contributed by atoms with van der Waals surface area (Å²) in [6.07, 6.45) is 0. The molecule has 14 heavy (non-hydrogen) atoms. The molecule has 0 fully saturated rings. The quantitative estimate of drug-likeness (QED) is 0.385. The molecule has 0 aliphatic rings. The van der Waals surface area contributed by atoms with Crippen LogP contribution in [0.4, 0.5) is 0 Å². The summed E-state index contributed by atoms with van der Waals surface area (Å²) in [7, 11) is 0. The van der Waals surface area contributed by atoms with Gasteiger partial charge in [-0.05, 0) is 0 Å². The summed E-state index contributed by atoms with van der Waals surface area (Å²) >= 11 is 0. The molecule has 0 rings (SSSR count). The van der Waals surface area contributed by atoms with E-state index in [0.29, 0.717) is 0 Å². The first-order valence-corrected chi connectivity index (χ1v) is 3.29. The third-order valence-electron chi connectivity index (χ3n) is 1.08. The maximum absolute atomic E-state index is 10.1. The van der Waals surface area contributed by atoms with E-state index in [-0.39, 0.29) is 32.4 Å². The number of carbonyl (C=O) groups is 3. The molecule has 0 amide bonds. The zero-order valence-corrected chi connectivity index (χ0v) is 9.63. The van der Waals surface area contributed by atoms with Gasteiger partial charge in [-0.25, -0.2) is 0 Å². The van der Waals surface area contributed by atoms with E-state index in [9.17, 15) is 14.4 Å². The number of hydrogen-bond donors (Lipinski definition) is 3. The van der Waals surface area contributed by atoms with Gasteiger partial charge in [0.15, 0.2) is 0 Å². The summed E-state index contributed by atoms with van der Waals surface area (Å²) in [4.78, 5) is 31.2. The maximum atomic E-state index is 10.1. The van der Waals surface area contributed by atoms with Crippen LogP contribution < -0.4 is 29.6 Å². The molecule has 76 valence electrons. The molecule has 0 spiro atoms. The fourth-order valence-electron chi connectivity index (χ4n) is 0.742. The Hall–Kier alpha value is -0.630. The van der Waals surface area contributed by atoms with E-state index in [1.54, 1.807) is 0 Å². The van der Waals surface area contributed by atoms with E-state index < -0.39 is 37.5 Å². The van der Waals surface area contributed by atoms with Crippen molar-refractivity contribution in [3.05, 3.63) is 0 Å². The first-order chi connectivity index (χ1) is 5.91. The molecule has 0 radical (unpaired) electrons. The monoisotopic (exact) mass is 216 g/mol. The smallest absolute Gasteiger partial charge is 1.00 e. The van der Waals surface area contributed by atoms with Crippen molar-refractivity contribution in [2.24, 2.45) is 0 Å². The average Bonchev–Trinajstić information content (AvgIpc) is 1.80. The number of carboxylic acids is 3. The normalized spacial score (nSPS) is 9.21. The first kappa shape index (κ1) is 15.8. The van der Waals surface area contributed by atoms with Gasteiger partial charge in [-0.3, -0.25) is 19.3 Å². The van der Waals surface area contributed by atoms with Crippen LogP contribution in [-0.4, -0.2) is 57.8 Å². The van der Waals surface area contributed by atoms with Crippen LogP contribution in [0.2, 0.25) is 0 Å². The summed E-state index contributed by atoms with van der Waals surface area (Å²) in [5, 5.41) is 24.8.